The summed E-state index contributed by atoms with van der Waals surface area (Å²) < 4.78 is 25.9. The van der Waals surface area contributed by atoms with Crippen LogP contribution < -0.4 is 5.90 Å². The molecule has 0 saturated carbocycles. The van der Waals surface area contributed by atoms with E-state index in [1.54, 1.807) is 0 Å². The summed E-state index contributed by atoms with van der Waals surface area (Å²) in [6.07, 6.45) is -0.0500. The number of rotatable bonds is 3. The van der Waals surface area contributed by atoms with Gasteiger partial charge in [-0.1, -0.05) is 11.6 Å². The molecule has 3 N–H and O–H groups in total. The Bertz CT molecular complexity index is 320. The van der Waals surface area contributed by atoms with Gasteiger partial charge in [0.25, 0.3) is 0 Å². The lowest BCUT2D eigenvalue weighted by atomic mass is 10.1. The fraction of sp³-hybridized carbons (Fsp3) is 0.250. The third-order valence-electron chi connectivity index (χ3n) is 1.71. The molecule has 0 atom stereocenters. The second-order valence-corrected chi connectivity index (χ2v) is 3.01. The first-order valence-corrected chi connectivity index (χ1v) is 4.12. The van der Waals surface area contributed by atoms with Crippen LogP contribution in [0.4, 0.5) is 8.78 Å². The highest BCUT2D eigenvalue weighted by atomic mass is 35.5. The fourth-order valence-corrected chi connectivity index (χ4v) is 1.23. The number of hydrogen-bond acceptors (Lipinski definition) is 3. The van der Waals surface area contributed by atoms with E-state index < -0.39 is 17.4 Å². The van der Waals surface area contributed by atoms with E-state index in [0.29, 0.717) is 6.07 Å². The van der Waals surface area contributed by atoms with Crippen LogP contribution in [0.15, 0.2) is 6.07 Å². The fourth-order valence-electron chi connectivity index (χ4n) is 1.02. The van der Waals surface area contributed by atoms with Crippen molar-refractivity contribution in [2.75, 3.05) is 6.61 Å². The highest BCUT2D eigenvalue weighted by Crippen LogP contribution is 2.31. The summed E-state index contributed by atoms with van der Waals surface area (Å²) in [4.78, 5) is 4.19. The summed E-state index contributed by atoms with van der Waals surface area (Å²) in [7, 11) is 0. The van der Waals surface area contributed by atoms with Crippen LogP contribution in [0, 0.1) is 11.6 Å². The predicted molar refractivity (Wildman–Crippen MR) is 46.9 cm³/mol. The topological polar surface area (TPSA) is 55.5 Å². The normalized spacial score (nSPS) is 10.6. The molecule has 0 aliphatic rings. The summed E-state index contributed by atoms with van der Waals surface area (Å²) in [5, 5.41) is 9.05. The number of hydrogen-bond donors (Lipinski definition) is 2. The minimum Gasteiger partial charge on any atom is -0.506 e. The number of benzene rings is 1. The zero-order chi connectivity index (χ0) is 10.7. The maximum absolute atomic E-state index is 13.1. The molecule has 0 saturated heterocycles. The SMILES string of the molecule is NOCCc1c(O)c(Cl)cc(F)c1F. The van der Waals surface area contributed by atoms with E-state index in [2.05, 4.69) is 4.84 Å². The van der Waals surface area contributed by atoms with Crippen LogP contribution in [0.2, 0.25) is 5.02 Å². The Kier molecular flexibility index (Phi) is 3.62. The molecule has 0 radical (unpaired) electrons. The Morgan fingerprint density at radius 2 is 2.14 bits per heavy atom. The summed E-state index contributed by atoms with van der Waals surface area (Å²) in [6, 6.07) is 0.707. The summed E-state index contributed by atoms with van der Waals surface area (Å²) in [5.74, 6) is 1.99. The second-order valence-electron chi connectivity index (χ2n) is 2.60. The zero-order valence-electron chi connectivity index (χ0n) is 7.06. The van der Waals surface area contributed by atoms with E-state index in [-0.39, 0.29) is 23.6 Å². The molecule has 0 spiro atoms. The number of phenols is 1. The molecule has 0 aliphatic carbocycles. The molecular formula is C8H8ClF2NO2. The molecule has 14 heavy (non-hydrogen) atoms. The van der Waals surface area contributed by atoms with Crippen molar-refractivity contribution in [2.24, 2.45) is 5.90 Å². The minimum atomic E-state index is -1.14. The van der Waals surface area contributed by atoms with E-state index in [0.717, 1.165) is 0 Å². The van der Waals surface area contributed by atoms with Gasteiger partial charge in [0, 0.05) is 12.0 Å². The van der Waals surface area contributed by atoms with E-state index >= 15 is 0 Å². The average molecular weight is 224 g/mol. The quantitative estimate of drug-likeness (QED) is 0.606. The highest BCUT2D eigenvalue weighted by Gasteiger charge is 2.16. The van der Waals surface area contributed by atoms with Gasteiger partial charge in [-0.25, -0.2) is 14.7 Å². The van der Waals surface area contributed by atoms with Crippen molar-refractivity contribution in [3.8, 4) is 5.75 Å². The highest BCUT2D eigenvalue weighted by molar-refractivity contribution is 6.32. The lowest BCUT2D eigenvalue weighted by molar-refractivity contribution is 0.140. The molecule has 0 aromatic heterocycles. The molecule has 78 valence electrons. The van der Waals surface area contributed by atoms with E-state index in [1.807, 2.05) is 0 Å². The average Bonchev–Trinajstić information content (AvgIpc) is 2.15. The Morgan fingerprint density at radius 1 is 1.50 bits per heavy atom. The zero-order valence-corrected chi connectivity index (χ0v) is 7.81. The van der Waals surface area contributed by atoms with Gasteiger partial charge in [-0.3, -0.25) is 0 Å². The van der Waals surface area contributed by atoms with Crippen molar-refractivity contribution in [3.05, 3.63) is 28.3 Å². The number of halogens is 3. The first-order valence-electron chi connectivity index (χ1n) is 3.75. The third-order valence-corrected chi connectivity index (χ3v) is 2.00. The smallest absolute Gasteiger partial charge is 0.165 e. The van der Waals surface area contributed by atoms with Crippen LogP contribution in [-0.2, 0) is 11.3 Å². The molecule has 0 heterocycles. The molecule has 3 nitrogen and oxygen atoms in total. The van der Waals surface area contributed by atoms with Crippen molar-refractivity contribution >= 4 is 11.6 Å². The van der Waals surface area contributed by atoms with Gasteiger partial charge < -0.3 is 9.94 Å². The van der Waals surface area contributed by atoms with Crippen molar-refractivity contribution in [1.82, 2.24) is 0 Å². The number of phenolic OH excluding ortho intramolecular Hbond substituents is 1. The van der Waals surface area contributed by atoms with Gasteiger partial charge in [-0.15, -0.1) is 0 Å². The summed E-state index contributed by atoms with van der Waals surface area (Å²) in [5.41, 5.74) is -0.236. The third kappa shape index (κ3) is 2.12. The van der Waals surface area contributed by atoms with Gasteiger partial charge in [-0.05, 0) is 6.07 Å². The van der Waals surface area contributed by atoms with Gasteiger partial charge in [0.1, 0.15) is 5.75 Å². The molecule has 1 aromatic rings. The molecule has 0 aliphatic heterocycles. The Morgan fingerprint density at radius 3 is 2.71 bits per heavy atom. The molecule has 0 unspecified atom stereocenters. The van der Waals surface area contributed by atoms with Crippen LogP contribution in [0.1, 0.15) is 5.56 Å². The van der Waals surface area contributed by atoms with Crippen molar-refractivity contribution < 1.29 is 18.7 Å². The van der Waals surface area contributed by atoms with Crippen LogP contribution in [0.25, 0.3) is 0 Å². The Hall–Kier alpha value is -0.910. The maximum atomic E-state index is 13.1. The molecule has 0 bridgehead atoms. The van der Waals surface area contributed by atoms with Crippen LogP contribution >= 0.6 is 11.6 Å². The van der Waals surface area contributed by atoms with E-state index in [1.165, 1.54) is 0 Å². The van der Waals surface area contributed by atoms with Crippen LogP contribution in [0.5, 0.6) is 5.75 Å². The first-order chi connectivity index (χ1) is 6.57. The van der Waals surface area contributed by atoms with Crippen molar-refractivity contribution in [2.45, 2.75) is 6.42 Å². The minimum absolute atomic E-state index is 0.0374. The standard InChI is InChI=1S/C8H8ClF2NO2/c9-5-3-6(10)7(11)4(8(5)13)1-2-14-12/h3,13H,1-2,12H2. The largest absolute Gasteiger partial charge is 0.506 e. The molecule has 0 amide bonds. The second kappa shape index (κ2) is 4.54. The monoisotopic (exact) mass is 223 g/mol. The number of nitrogens with two attached hydrogens (primary N) is 1. The van der Waals surface area contributed by atoms with E-state index in [9.17, 15) is 13.9 Å². The Labute approximate surface area is 84.0 Å². The van der Waals surface area contributed by atoms with Crippen LogP contribution in [0.3, 0.4) is 0 Å². The number of aromatic hydroxyl groups is 1. The maximum Gasteiger partial charge on any atom is 0.165 e. The Balaban J connectivity index is 3.11. The van der Waals surface area contributed by atoms with Crippen LogP contribution in [-0.4, -0.2) is 11.7 Å². The first kappa shape index (κ1) is 11.2. The van der Waals surface area contributed by atoms with Gasteiger partial charge in [0.05, 0.1) is 11.6 Å². The molecular weight excluding hydrogens is 216 g/mol. The van der Waals surface area contributed by atoms with Crippen molar-refractivity contribution in [3.63, 3.8) is 0 Å². The van der Waals surface area contributed by atoms with Gasteiger partial charge in [0.15, 0.2) is 11.6 Å². The van der Waals surface area contributed by atoms with Crippen molar-refractivity contribution in [1.29, 1.82) is 0 Å². The molecule has 1 aromatic carbocycles. The van der Waals surface area contributed by atoms with Gasteiger partial charge in [0.2, 0.25) is 0 Å². The molecule has 6 heteroatoms. The predicted octanol–water partition coefficient (Wildman–Crippen LogP) is 1.76. The lowest BCUT2D eigenvalue weighted by Crippen LogP contribution is -2.06. The molecule has 1 rings (SSSR count). The van der Waals surface area contributed by atoms with Gasteiger partial charge in [-0.2, -0.15) is 0 Å². The summed E-state index contributed by atoms with van der Waals surface area (Å²) in [6.45, 7) is -0.0374. The summed E-state index contributed by atoms with van der Waals surface area (Å²) >= 11 is 5.44. The molecule has 0 fully saturated rings. The lowest BCUT2D eigenvalue weighted by Gasteiger charge is -2.07. The van der Waals surface area contributed by atoms with Gasteiger partial charge >= 0.3 is 0 Å². The van der Waals surface area contributed by atoms with E-state index in [4.69, 9.17) is 17.5 Å².